The smallest absolute Gasteiger partial charge is 0.0992 e. The van der Waals surface area contributed by atoms with Crippen LogP contribution < -0.4 is 4.90 Å². The minimum Gasteiger partial charge on any atom is -0.383 e. The third-order valence-corrected chi connectivity index (χ3v) is 2.75. The molecule has 0 saturated carbocycles. The number of hydrogen-bond donors (Lipinski definition) is 0. The van der Waals surface area contributed by atoms with Gasteiger partial charge in [0.1, 0.15) is 0 Å². The molecule has 0 atom stereocenters. The van der Waals surface area contributed by atoms with Crippen molar-refractivity contribution in [3.63, 3.8) is 0 Å². The number of methoxy groups -OCH3 is 1. The SMILES string of the molecule is COCCN(C)c1ccc(C#N)cc1Br. The van der Waals surface area contributed by atoms with Gasteiger partial charge in [-0.3, -0.25) is 0 Å². The number of anilines is 1. The second-order valence-corrected chi connectivity index (χ2v) is 4.05. The summed E-state index contributed by atoms with van der Waals surface area (Å²) in [6.07, 6.45) is 0. The zero-order valence-corrected chi connectivity index (χ0v) is 10.4. The van der Waals surface area contributed by atoms with Crippen LogP contribution in [0.4, 0.5) is 5.69 Å². The second kappa shape index (κ2) is 5.74. The third kappa shape index (κ3) is 3.22. The van der Waals surface area contributed by atoms with Crippen molar-refractivity contribution in [3.05, 3.63) is 28.2 Å². The summed E-state index contributed by atoms with van der Waals surface area (Å²) in [6.45, 7) is 1.50. The topological polar surface area (TPSA) is 36.3 Å². The molecule has 80 valence electrons. The first-order chi connectivity index (χ1) is 7.19. The minimum atomic E-state index is 0.658. The summed E-state index contributed by atoms with van der Waals surface area (Å²) in [7, 11) is 3.67. The van der Waals surface area contributed by atoms with E-state index in [4.69, 9.17) is 10.00 Å². The van der Waals surface area contributed by atoms with Crippen LogP contribution in [0, 0.1) is 11.3 Å². The van der Waals surface area contributed by atoms with Crippen molar-refractivity contribution in [3.8, 4) is 6.07 Å². The molecule has 1 rings (SSSR count). The van der Waals surface area contributed by atoms with E-state index in [9.17, 15) is 0 Å². The van der Waals surface area contributed by atoms with Crippen LogP contribution in [-0.4, -0.2) is 27.3 Å². The number of benzene rings is 1. The molecule has 0 unspecified atom stereocenters. The van der Waals surface area contributed by atoms with Crippen LogP contribution in [0.3, 0.4) is 0 Å². The van der Waals surface area contributed by atoms with Crippen LogP contribution >= 0.6 is 15.9 Å². The molecule has 0 fully saturated rings. The minimum absolute atomic E-state index is 0.658. The molecule has 0 aliphatic carbocycles. The molecule has 0 aromatic heterocycles. The number of rotatable bonds is 4. The first-order valence-electron chi connectivity index (χ1n) is 4.58. The van der Waals surface area contributed by atoms with Crippen LogP contribution in [-0.2, 0) is 4.74 Å². The third-order valence-electron chi connectivity index (χ3n) is 2.12. The maximum absolute atomic E-state index is 8.73. The van der Waals surface area contributed by atoms with E-state index in [1.54, 1.807) is 7.11 Å². The van der Waals surface area contributed by atoms with Crippen molar-refractivity contribution < 1.29 is 4.74 Å². The van der Waals surface area contributed by atoms with Crippen molar-refractivity contribution in [2.24, 2.45) is 0 Å². The molecule has 4 heteroatoms. The normalized spacial score (nSPS) is 9.73. The predicted molar refractivity (Wildman–Crippen MR) is 64.0 cm³/mol. The Bertz CT molecular complexity index is 373. The first kappa shape index (κ1) is 12.0. The van der Waals surface area contributed by atoms with Crippen molar-refractivity contribution in [2.45, 2.75) is 0 Å². The Hall–Kier alpha value is -1.05. The number of hydrogen-bond acceptors (Lipinski definition) is 3. The Morgan fingerprint density at radius 2 is 2.27 bits per heavy atom. The van der Waals surface area contributed by atoms with Crippen LogP contribution in [0.25, 0.3) is 0 Å². The summed E-state index contributed by atoms with van der Waals surface area (Å²) in [5.74, 6) is 0. The quantitative estimate of drug-likeness (QED) is 0.842. The highest BCUT2D eigenvalue weighted by Crippen LogP contribution is 2.26. The average molecular weight is 269 g/mol. The standard InChI is InChI=1S/C11H13BrN2O/c1-14(5-6-15-2)11-4-3-9(8-13)7-10(11)12/h3-4,7H,5-6H2,1-2H3. The lowest BCUT2D eigenvalue weighted by molar-refractivity contribution is 0.206. The molecule has 0 aliphatic heterocycles. The molecule has 1 aromatic carbocycles. The Kier molecular flexibility index (Phi) is 4.60. The van der Waals surface area contributed by atoms with Gasteiger partial charge in [0.05, 0.1) is 23.9 Å². The van der Waals surface area contributed by atoms with E-state index in [-0.39, 0.29) is 0 Å². The Labute approximate surface area is 98.4 Å². The predicted octanol–water partition coefficient (Wildman–Crippen LogP) is 2.40. The van der Waals surface area contributed by atoms with Crippen molar-refractivity contribution in [1.29, 1.82) is 5.26 Å². The summed E-state index contributed by atoms with van der Waals surface area (Å²) in [5.41, 5.74) is 1.72. The lowest BCUT2D eigenvalue weighted by atomic mass is 10.2. The van der Waals surface area contributed by atoms with E-state index in [0.717, 1.165) is 16.7 Å². The Balaban J connectivity index is 2.82. The molecule has 0 radical (unpaired) electrons. The molecule has 0 saturated heterocycles. The highest BCUT2D eigenvalue weighted by Gasteiger charge is 2.05. The number of nitriles is 1. The van der Waals surface area contributed by atoms with Gasteiger partial charge < -0.3 is 9.64 Å². The molecular formula is C11H13BrN2O. The fourth-order valence-electron chi connectivity index (χ4n) is 1.23. The van der Waals surface area contributed by atoms with Gasteiger partial charge in [0.25, 0.3) is 0 Å². The van der Waals surface area contributed by atoms with Crippen LogP contribution in [0.2, 0.25) is 0 Å². The summed E-state index contributed by atoms with van der Waals surface area (Å²) in [6, 6.07) is 7.66. The van der Waals surface area contributed by atoms with Gasteiger partial charge in [-0.15, -0.1) is 0 Å². The van der Waals surface area contributed by atoms with Gasteiger partial charge in [0, 0.05) is 25.2 Å². The Morgan fingerprint density at radius 3 is 2.80 bits per heavy atom. The van der Waals surface area contributed by atoms with E-state index >= 15 is 0 Å². The lowest BCUT2D eigenvalue weighted by Crippen LogP contribution is -2.22. The maximum atomic E-state index is 8.73. The zero-order valence-electron chi connectivity index (χ0n) is 8.83. The second-order valence-electron chi connectivity index (χ2n) is 3.19. The van der Waals surface area contributed by atoms with Crippen LogP contribution in [0.1, 0.15) is 5.56 Å². The van der Waals surface area contributed by atoms with Gasteiger partial charge in [-0.1, -0.05) is 0 Å². The number of likely N-dealkylation sites (N-methyl/N-ethyl adjacent to an activating group) is 1. The number of halogens is 1. The van der Waals surface area contributed by atoms with Gasteiger partial charge in [-0.25, -0.2) is 0 Å². The van der Waals surface area contributed by atoms with E-state index in [1.807, 2.05) is 25.2 Å². The van der Waals surface area contributed by atoms with Crippen molar-refractivity contribution in [2.75, 3.05) is 32.2 Å². The molecule has 0 bridgehead atoms. The molecular weight excluding hydrogens is 256 g/mol. The monoisotopic (exact) mass is 268 g/mol. The van der Waals surface area contributed by atoms with Crippen LogP contribution in [0.5, 0.6) is 0 Å². The largest absolute Gasteiger partial charge is 0.383 e. The van der Waals surface area contributed by atoms with Crippen molar-refractivity contribution in [1.82, 2.24) is 0 Å². The summed E-state index contributed by atoms with van der Waals surface area (Å²) in [5, 5.41) is 8.73. The van der Waals surface area contributed by atoms with Gasteiger partial charge in [-0.2, -0.15) is 5.26 Å². The summed E-state index contributed by atoms with van der Waals surface area (Å²) >= 11 is 3.45. The van der Waals surface area contributed by atoms with Gasteiger partial charge >= 0.3 is 0 Å². The fourth-order valence-corrected chi connectivity index (χ4v) is 1.92. The molecule has 1 aromatic rings. The van der Waals surface area contributed by atoms with E-state index in [0.29, 0.717) is 12.2 Å². The highest BCUT2D eigenvalue weighted by molar-refractivity contribution is 9.10. The lowest BCUT2D eigenvalue weighted by Gasteiger charge is -2.20. The summed E-state index contributed by atoms with van der Waals surface area (Å²) < 4.78 is 5.94. The van der Waals surface area contributed by atoms with E-state index in [2.05, 4.69) is 26.9 Å². The molecule has 0 aliphatic rings. The van der Waals surface area contributed by atoms with E-state index < -0.39 is 0 Å². The molecule has 0 N–H and O–H groups in total. The highest BCUT2D eigenvalue weighted by atomic mass is 79.9. The first-order valence-corrected chi connectivity index (χ1v) is 5.38. The van der Waals surface area contributed by atoms with Gasteiger partial charge in [-0.05, 0) is 34.1 Å². The summed E-state index contributed by atoms with van der Waals surface area (Å²) in [4.78, 5) is 2.08. The fraction of sp³-hybridized carbons (Fsp3) is 0.364. The number of ether oxygens (including phenoxy) is 1. The molecule has 0 amide bonds. The molecule has 15 heavy (non-hydrogen) atoms. The van der Waals surface area contributed by atoms with Crippen molar-refractivity contribution >= 4 is 21.6 Å². The molecule has 0 heterocycles. The zero-order chi connectivity index (χ0) is 11.3. The van der Waals surface area contributed by atoms with Crippen LogP contribution in [0.15, 0.2) is 22.7 Å². The maximum Gasteiger partial charge on any atom is 0.0992 e. The number of nitrogens with zero attached hydrogens (tertiary/aromatic N) is 2. The Morgan fingerprint density at radius 1 is 1.53 bits per heavy atom. The van der Waals surface area contributed by atoms with E-state index in [1.165, 1.54) is 0 Å². The van der Waals surface area contributed by atoms with Gasteiger partial charge in [0.2, 0.25) is 0 Å². The molecule has 3 nitrogen and oxygen atoms in total. The average Bonchev–Trinajstić information content (AvgIpc) is 2.25. The molecule has 0 spiro atoms. The van der Waals surface area contributed by atoms with Gasteiger partial charge in [0.15, 0.2) is 0 Å².